The zero-order valence-electron chi connectivity index (χ0n) is 11.3. The lowest BCUT2D eigenvalue weighted by atomic mass is 10.1. The molecule has 1 N–H and O–H groups in total. The van der Waals surface area contributed by atoms with Gasteiger partial charge in [0.25, 0.3) is 5.95 Å². The molecular formula is C14H14N6. The number of anilines is 1. The molecule has 0 aliphatic rings. The van der Waals surface area contributed by atoms with E-state index in [9.17, 15) is 0 Å². The average Bonchev–Trinajstić information content (AvgIpc) is 3.01. The van der Waals surface area contributed by atoms with Crippen molar-refractivity contribution in [2.75, 3.05) is 12.4 Å². The molecule has 0 bridgehead atoms. The maximum absolute atomic E-state index is 4.47. The van der Waals surface area contributed by atoms with Gasteiger partial charge in [0.05, 0.1) is 0 Å². The molecule has 0 aliphatic heterocycles. The second-order valence-electron chi connectivity index (χ2n) is 4.35. The number of hydrogen-bond donors (Lipinski definition) is 1. The molecule has 100 valence electrons. The summed E-state index contributed by atoms with van der Waals surface area (Å²) in [6.45, 7) is 2.04. The zero-order valence-corrected chi connectivity index (χ0v) is 11.3. The van der Waals surface area contributed by atoms with E-state index < -0.39 is 0 Å². The molecule has 0 spiro atoms. The summed E-state index contributed by atoms with van der Waals surface area (Å²) in [7, 11) is 1.78. The van der Waals surface area contributed by atoms with Crippen LogP contribution in [0.25, 0.3) is 17.3 Å². The lowest BCUT2D eigenvalue weighted by molar-refractivity contribution is 0.800. The monoisotopic (exact) mass is 266 g/mol. The van der Waals surface area contributed by atoms with Gasteiger partial charge in [-0.2, -0.15) is 20.1 Å². The van der Waals surface area contributed by atoms with Gasteiger partial charge in [-0.15, -0.1) is 0 Å². The molecule has 0 saturated carbocycles. The number of nitrogens with one attached hydrogen (secondary N) is 1. The lowest BCUT2D eigenvalue weighted by Gasteiger charge is -2.07. The minimum Gasteiger partial charge on any atom is -0.357 e. The van der Waals surface area contributed by atoms with Crippen LogP contribution in [0.15, 0.2) is 42.7 Å². The van der Waals surface area contributed by atoms with Gasteiger partial charge in [0.2, 0.25) is 5.95 Å². The molecule has 3 aromatic rings. The largest absolute Gasteiger partial charge is 0.357 e. The summed E-state index contributed by atoms with van der Waals surface area (Å²) in [5.41, 5.74) is 2.12. The average molecular weight is 266 g/mol. The Labute approximate surface area is 116 Å². The Morgan fingerprint density at radius 1 is 1.10 bits per heavy atom. The van der Waals surface area contributed by atoms with Crippen LogP contribution in [0.3, 0.4) is 0 Å². The summed E-state index contributed by atoms with van der Waals surface area (Å²) < 4.78 is 1.61. The fourth-order valence-electron chi connectivity index (χ4n) is 1.88. The Kier molecular flexibility index (Phi) is 3.12. The van der Waals surface area contributed by atoms with Crippen LogP contribution in [0, 0.1) is 6.92 Å². The van der Waals surface area contributed by atoms with Gasteiger partial charge >= 0.3 is 0 Å². The molecule has 0 amide bonds. The van der Waals surface area contributed by atoms with E-state index >= 15 is 0 Å². The highest BCUT2D eigenvalue weighted by atomic mass is 15.4. The van der Waals surface area contributed by atoms with E-state index in [-0.39, 0.29) is 0 Å². The van der Waals surface area contributed by atoms with E-state index in [1.807, 2.05) is 37.3 Å². The molecule has 0 radical (unpaired) electrons. The molecule has 2 heterocycles. The summed E-state index contributed by atoms with van der Waals surface area (Å²) in [4.78, 5) is 13.2. The number of benzene rings is 1. The Bertz CT molecular complexity index is 720. The second kappa shape index (κ2) is 5.08. The third-order valence-corrected chi connectivity index (χ3v) is 2.83. The van der Waals surface area contributed by atoms with Gasteiger partial charge in [-0.05, 0) is 19.1 Å². The van der Waals surface area contributed by atoms with Crippen LogP contribution in [0.2, 0.25) is 0 Å². The molecule has 0 saturated heterocycles. The molecule has 1 aromatic carbocycles. The summed E-state index contributed by atoms with van der Waals surface area (Å²) in [5, 5.41) is 7.10. The number of aryl methyl sites for hydroxylation is 1. The molecule has 0 fully saturated rings. The minimum absolute atomic E-state index is 0.492. The van der Waals surface area contributed by atoms with Crippen molar-refractivity contribution in [3.05, 3.63) is 48.3 Å². The second-order valence-corrected chi connectivity index (χ2v) is 4.35. The van der Waals surface area contributed by atoms with E-state index in [0.29, 0.717) is 17.7 Å². The van der Waals surface area contributed by atoms with Gasteiger partial charge in [0, 0.05) is 25.0 Å². The van der Waals surface area contributed by atoms with Crippen molar-refractivity contribution in [1.29, 1.82) is 0 Å². The van der Waals surface area contributed by atoms with Crippen molar-refractivity contribution in [3.63, 3.8) is 0 Å². The topological polar surface area (TPSA) is 68.5 Å². The van der Waals surface area contributed by atoms with E-state index in [2.05, 4.69) is 25.4 Å². The molecule has 0 aliphatic carbocycles. The van der Waals surface area contributed by atoms with Gasteiger partial charge in [0.1, 0.15) is 0 Å². The maximum Gasteiger partial charge on any atom is 0.255 e. The van der Waals surface area contributed by atoms with Crippen LogP contribution in [0.5, 0.6) is 0 Å². The predicted molar refractivity (Wildman–Crippen MR) is 76.7 cm³/mol. The highest BCUT2D eigenvalue weighted by molar-refractivity contribution is 5.57. The van der Waals surface area contributed by atoms with Gasteiger partial charge in [0.15, 0.2) is 5.82 Å². The predicted octanol–water partition coefficient (Wildman–Crippen LogP) is 2.07. The SMILES string of the molecule is CNc1nc(-c2cccc(C)c2)nc(-n2cccn2)n1. The smallest absolute Gasteiger partial charge is 0.255 e. The molecule has 6 heteroatoms. The van der Waals surface area contributed by atoms with E-state index in [0.717, 1.165) is 11.1 Å². The van der Waals surface area contributed by atoms with E-state index in [1.165, 1.54) is 0 Å². The third-order valence-electron chi connectivity index (χ3n) is 2.83. The van der Waals surface area contributed by atoms with Gasteiger partial charge in [-0.25, -0.2) is 4.68 Å². The molecular weight excluding hydrogens is 252 g/mol. The zero-order chi connectivity index (χ0) is 13.9. The molecule has 2 aromatic heterocycles. The van der Waals surface area contributed by atoms with Crippen LogP contribution in [-0.2, 0) is 0 Å². The van der Waals surface area contributed by atoms with Crippen molar-refractivity contribution in [3.8, 4) is 17.3 Å². The van der Waals surface area contributed by atoms with Crippen LogP contribution in [0.4, 0.5) is 5.95 Å². The number of aromatic nitrogens is 5. The first-order valence-electron chi connectivity index (χ1n) is 6.27. The van der Waals surface area contributed by atoms with Crippen LogP contribution in [-0.4, -0.2) is 31.8 Å². The molecule has 20 heavy (non-hydrogen) atoms. The van der Waals surface area contributed by atoms with Crippen LogP contribution in [0.1, 0.15) is 5.56 Å². The molecule has 0 unspecified atom stereocenters. The fraction of sp³-hybridized carbons (Fsp3) is 0.143. The van der Waals surface area contributed by atoms with Crippen molar-refractivity contribution >= 4 is 5.95 Å². The molecule has 6 nitrogen and oxygen atoms in total. The first-order valence-corrected chi connectivity index (χ1v) is 6.27. The quantitative estimate of drug-likeness (QED) is 0.786. The third kappa shape index (κ3) is 2.35. The number of nitrogens with zero attached hydrogens (tertiary/aromatic N) is 5. The molecule has 0 atom stereocenters. The fourth-order valence-corrected chi connectivity index (χ4v) is 1.88. The van der Waals surface area contributed by atoms with E-state index in [1.54, 1.807) is 24.1 Å². The lowest BCUT2D eigenvalue weighted by Crippen LogP contribution is -2.08. The van der Waals surface area contributed by atoms with Crippen LogP contribution < -0.4 is 5.32 Å². The van der Waals surface area contributed by atoms with Crippen molar-refractivity contribution in [1.82, 2.24) is 24.7 Å². The van der Waals surface area contributed by atoms with Crippen LogP contribution >= 0.6 is 0 Å². The summed E-state index contributed by atoms with van der Waals surface area (Å²) in [6, 6.07) is 9.88. The summed E-state index contributed by atoms with van der Waals surface area (Å²) >= 11 is 0. The Morgan fingerprint density at radius 3 is 2.70 bits per heavy atom. The minimum atomic E-state index is 0.492. The Balaban J connectivity index is 2.14. The molecule has 3 rings (SSSR count). The van der Waals surface area contributed by atoms with Gasteiger partial charge in [-0.3, -0.25) is 0 Å². The van der Waals surface area contributed by atoms with Crippen molar-refractivity contribution in [2.24, 2.45) is 0 Å². The Morgan fingerprint density at radius 2 is 2.00 bits per heavy atom. The highest BCUT2D eigenvalue weighted by Crippen LogP contribution is 2.18. The number of hydrogen-bond acceptors (Lipinski definition) is 5. The van der Waals surface area contributed by atoms with E-state index in [4.69, 9.17) is 0 Å². The van der Waals surface area contributed by atoms with Crippen molar-refractivity contribution < 1.29 is 0 Å². The summed E-state index contributed by atoms with van der Waals surface area (Å²) in [6.07, 6.45) is 3.49. The number of rotatable bonds is 3. The van der Waals surface area contributed by atoms with Gasteiger partial charge < -0.3 is 5.32 Å². The normalized spacial score (nSPS) is 10.5. The standard InChI is InChI=1S/C14H14N6/c1-10-5-3-6-11(9-10)12-17-13(15-2)19-14(18-12)20-8-4-7-16-20/h3-9H,1-2H3,(H,15,17,18,19). The van der Waals surface area contributed by atoms with Crippen molar-refractivity contribution in [2.45, 2.75) is 6.92 Å². The summed E-state index contributed by atoms with van der Waals surface area (Å²) in [5.74, 6) is 1.63. The maximum atomic E-state index is 4.47. The first-order chi connectivity index (χ1) is 9.76. The van der Waals surface area contributed by atoms with Gasteiger partial charge in [-0.1, -0.05) is 23.8 Å². The first kappa shape index (κ1) is 12.3. The Hall–Kier alpha value is -2.76. The highest BCUT2D eigenvalue weighted by Gasteiger charge is 2.09.